The molecule has 27 heavy (non-hydrogen) atoms. The molecule has 2 heterocycles. The summed E-state index contributed by atoms with van der Waals surface area (Å²) in [5.41, 5.74) is 1.23. The summed E-state index contributed by atoms with van der Waals surface area (Å²) >= 11 is 2.02. The molecule has 0 aliphatic carbocycles. The summed E-state index contributed by atoms with van der Waals surface area (Å²) in [4.78, 5) is 7.09. The van der Waals surface area contributed by atoms with Crippen LogP contribution >= 0.6 is 11.8 Å². The Morgan fingerprint density at radius 2 is 1.78 bits per heavy atom. The van der Waals surface area contributed by atoms with Crippen LogP contribution in [0, 0.1) is 0 Å². The van der Waals surface area contributed by atoms with E-state index in [2.05, 4.69) is 33.9 Å². The number of thioether (sulfide) groups is 1. The summed E-state index contributed by atoms with van der Waals surface area (Å²) in [5.74, 6) is 3.86. The number of likely N-dealkylation sites (N-methyl/N-ethyl adjacent to an activating group) is 1. The van der Waals surface area contributed by atoms with Crippen LogP contribution in [0.15, 0.2) is 18.2 Å². The van der Waals surface area contributed by atoms with Crippen LogP contribution in [0.5, 0.6) is 11.5 Å². The van der Waals surface area contributed by atoms with Gasteiger partial charge in [0, 0.05) is 63.9 Å². The van der Waals surface area contributed by atoms with E-state index in [4.69, 9.17) is 9.47 Å². The van der Waals surface area contributed by atoms with Gasteiger partial charge in [-0.05, 0) is 24.7 Å². The van der Waals surface area contributed by atoms with Gasteiger partial charge in [-0.15, -0.1) is 0 Å². The molecule has 3 rings (SSSR count). The SMILES string of the molecule is COc1ccc(CN2CCSCC2)cc1OCC(O)CN1CCN(C)CC1. The van der Waals surface area contributed by atoms with Gasteiger partial charge in [-0.2, -0.15) is 11.8 Å². The van der Waals surface area contributed by atoms with Gasteiger partial charge in [-0.3, -0.25) is 9.80 Å². The molecule has 0 spiro atoms. The van der Waals surface area contributed by atoms with Crippen molar-refractivity contribution in [2.45, 2.75) is 12.6 Å². The molecule has 7 heteroatoms. The van der Waals surface area contributed by atoms with Crippen LogP contribution in [0.3, 0.4) is 0 Å². The molecule has 1 aromatic rings. The number of hydrogen-bond donors (Lipinski definition) is 1. The van der Waals surface area contributed by atoms with E-state index in [9.17, 15) is 5.11 Å². The maximum Gasteiger partial charge on any atom is 0.161 e. The van der Waals surface area contributed by atoms with E-state index in [0.29, 0.717) is 6.54 Å². The number of aliphatic hydroxyl groups is 1. The lowest BCUT2D eigenvalue weighted by Crippen LogP contribution is -2.47. The second-order valence-corrected chi connectivity index (χ2v) is 8.67. The monoisotopic (exact) mass is 395 g/mol. The molecule has 1 unspecified atom stereocenters. The molecule has 2 aliphatic rings. The summed E-state index contributed by atoms with van der Waals surface area (Å²) in [6.45, 7) is 8.25. The van der Waals surface area contributed by atoms with Crippen molar-refractivity contribution in [3.05, 3.63) is 23.8 Å². The molecule has 1 atom stereocenters. The number of benzene rings is 1. The van der Waals surface area contributed by atoms with Gasteiger partial charge < -0.3 is 19.5 Å². The van der Waals surface area contributed by atoms with Crippen LogP contribution in [0.4, 0.5) is 0 Å². The predicted molar refractivity (Wildman–Crippen MR) is 111 cm³/mol. The second kappa shape index (κ2) is 10.5. The van der Waals surface area contributed by atoms with Crippen molar-refractivity contribution in [2.24, 2.45) is 0 Å². The molecule has 152 valence electrons. The minimum atomic E-state index is -0.499. The zero-order valence-corrected chi connectivity index (χ0v) is 17.4. The van der Waals surface area contributed by atoms with Gasteiger partial charge in [0.05, 0.1) is 7.11 Å². The Morgan fingerprint density at radius 1 is 1.04 bits per heavy atom. The second-order valence-electron chi connectivity index (χ2n) is 7.44. The maximum atomic E-state index is 10.4. The number of piperazine rings is 1. The van der Waals surface area contributed by atoms with Gasteiger partial charge in [0.2, 0.25) is 0 Å². The van der Waals surface area contributed by atoms with E-state index in [1.165, 1.54) is 17.1 Å². The van der Waals surface area contributed by atoms with Crippen molar-refractivity contribution in [1.82, 2.24) is 14.7 Å². The minimum absolute atomic E-state index is 0.284. The van der Waals surface area contributed by atoms with Crippen LogP contribution in [0.2, 0.25) is 0 Å². The normalized spacial score (nSPS) is 21.1. The number of rotatable bonds is 8. The van der Waals surface area contributed by atoms with Crippen LogP contribution in [0.25, 0.3) is 0 Å². The van der Waals surface area contributed by atoms with E-state index in [-0.39, 0.29) is 6.61 Å². The fourth-order valence-corrected chi connectivity index (χ4v) is 4.50. The molecule has 1 N–H and O–H groups in total. The van der Waals surface area contributed by atoms with Crippen molar-refractivity contribution in [1.29, 1.82) is 0 Å². The van der Waals surface area contributed by atoms with Gasteiger partial charge in [-0.1, -0.05) is 6.07 Å². The number of hydrogen-bond acceptors (Lipinski definition) is 7. The van der Waals surface area contributed by atoms with Gasteiger partial charge in [0.15, 0.2) is 11.5 Å². The van der Waals surface area contributed by atoms with Crippen LogP contribution in [0.1, 0.15) is 5.56 Å². The third-order valence-corrected chi connectivity index (χ3v) is 6.18. The van der Waals surface area contributed by atoms with E-state index < -0.39 is 6.10 Å². The summed E-state index contributed by atoms with van der Waals surface area (Å²) in [6.07, 6.45) is -0.499. The zero-order chi connectivity index (χ0) is 19.1. The van der Waals surface area contributed by atoms with Gasteiger partial charge in [0.25, 0.3) is 0 Å². The fourth-order valence-electron chi connectivity index (χ4n) is 3.52. The smallest absolute Gasteiger partial charge is 0.161 e. The highest BCUT2D eigenvalue weighted by atomic mass is 32.2. The summed E-state index contributed by atoms with van der Waals surface area (Å²) < 4.78 is 11.4. The average molecular weight is 396 g/mol. The lowest BCUT2D eigenvalue weighted by molar-refractivity contribution is 0.0497. The third kappa shape index (κ3) is 6.54. The molecule has 0 saturated carbocycles. The molecule has 2 aliphatic heterocycles. The minimum Gasteiger partial charge on any atom is -0.493 e. The summed E-state index contributed by atoms with van der Waals surface area (Å²) in [7, 11) is 3.79. The van der Waals surface area contributed by atoms with Gasteiger partial charge >= 0.3 is 0 Å². The Kier molecular flexibility index (Phi) is 8.08. The van der Waals surface area contributed by atoms with Crippen LogP contribution < -0.4 is 9.47 Å². The van der Waals surface area contributed by atoms with Crippen molar-refractivity contribution >= 4 is 11.8 Å². The van der Waals surface area contributed by atoms with E-state index in [0.717, 1.165) is 57.3 Å². The lowest BCUT2D eigenvalue weighted by atomic mass is 10.2. The lowest BCUT2D eigenvalue weighted by Gasteiger charge is -2.33. The molecular weight excluding hydrogens is 362 g/mol. The van der Waals surface area contributed by atoms with Crippen molar-refractivity contribution in [3.63, 3.8) is 0 Å². The number of aliphatic hydroxyl groups excluding tert-OH is 1. The van der Waals surface area contributed by atoms with E-state index in [1.807, 2.05) is 17.8 Å². The van der Waals surface area contributed by atoms with E-state index >= 15 is 0 Å². The Bertz CT molecular complexity index is 576. The molecule has 0 bridgehead atoms. The topological polar surface area (TPSA) is 48.4 Å². The number of nitrogens with zero attached hydrogens (tertiary/aromatic N) is 3. The quantitative estimate of drug-likeness (QED) is 0.710. The first-order valence-electron chi connectivity index (χ1n) is 9.83. The Morgan fingerprint density at radius 3 is 2.48 bits per heavy atom. The third-order valence-electron chi connectivity index (χ3n) is 5.23. The average Bonchev–Trinajstić information content (AvgIpc) is 2.69. The Balaban J connectivity index is 1.52. The summed E-state index contributed by atoms with van der Waals surface area (Å²) in [5, 5.41) is 10.4. The summed E-state index contributed by atoms with van der Waals surface area (Å²) in [6, 6.07) is 6.13. The first-order chi connectivity index (χ1) is 13.1. The number of ether oxygens (including phenoxy) is 2. The van der Waals surface area contributed by atoms with Crippen LogP contribution in [-0.4, -0.2) is 104 Å². The molecule has 2 fully saturated rings. The molecule has 1 aromatic carbocycles. The highest BCUT2D eigenvalue weighted by Gasteiger charge is 2.18. The predicted octanol–water partition coefficient (Wildman–Crippen LogP) is 1.23. The van der Waals surface area contributed by atoms with Crippen LogP contribution in [-0.2, 0) is 6.54 Å². The Labute approximate surface area is 167 Å². The molecule has 6 nitrogen and oxygen atoms in total. The van der Waals surface area contributed by atoms with Crippen molar-refractivity contribution < 1.29 is 14.6 Å². The van der Waals surface area contributed by atoms with Gasteiger partial charge in [0.1, 0.15) is 12.7 Å². The first-order valence-corrected chi connectivity index (χ1v) is 11.0. The highest BCUT2D eigenvalue weighted by molar-refractivity contribution is 7.99. The number of β-amino-alcohol motifs (C(OH)–C–C–N with tert-alkyl or cyclic N) is 1. The highest BCUT2D eigenvalue weighted by Crippen LogP contribution is 2.29. The zero-order valence-electron chi connectivity index (χ0n) is 16.6. The van der Waals surface area contributed by atoms with Gasteiger partial charge in [-0.25, -0.2) is 0 Å². The van der Waals surface area contributed by atoms with E-state index in [1.54, 1.807) is 7.11 Å². The molecule has 0 amide bonds. The number of methoxy groups -OCH3 is 1. The molecule has 0 radical (unpaired) electrons. The van der Waals surface area contributed by atoms with Crippen molar-refractivity contribution in [3.8, 4) is 11.5 Å². The molecular formula is C20H33N3O3S. The molecule has 2 saturated heterocycles. The molecule has 0 aromatic heterocycles. The first kappa shape index (κ1) is 20.7. The Hall–Kier alpha value is -0.990. The standard InChI is InChI=1S/C20H33N3O3S/c1-21-5-7-22(8-6-21)15-18(24)16-26-20-13-17(3-4-19(20)25-2)14-23-9-11-27-12-10-23/h3-4,13,18,24H,5-12,14-16H2,1-2H3. The largest absolute Gasteiger partial charge is 0.493 e. The van der Waals surface area contributed by atoms with Crippen molar-refractivity contribution in [2.75, 3.05) is 78.1 Å². The maximum absolute atomic E-state index is 10.4. The fraction of sp³-hybridized carbons (Fsp3) is 0.700.